The van der Waals surface area contributed by atoms with E-state index in [1.807, 2.05) is 11.0 Å². The number of rotatable bonds is 4. The number of carbonyl (C=O) groups excluding carboxylic acids is 1. The molecule has 1 aromatic carbocycles. The highest BCUT2D eigenvalue weighted by Crippen LogP contribution is 2.30. The molecule has 0 spiro atoms. The molecule has 1 aromatic heterocycles. The van der Waals surface area contributed by atoms with E-state index in [0.717, 1.165) is 31.2 Å². The molecule has 1 saturated heterocycles. The summed E-state index contributed by atoms with van der Waals surface area (Å²) < 4.78 is 1.30. The Bertz CT molecular complexity index is 771. The van der Waals surface area contributed by atoms with Crippen molar-refractivity contribution in [1.29, 1.82) is 0 Å². The smallest absolute Gasteiger partial charge is 0.358 e. The molecular formula is C18H22N4O3. The Labute approximate surface area is 146 Å². The maximum atomic E-state index is 12.9. The summed E-state index contributed by atoms with van der Waals surface area (Å²) in [6.45, 7) is 2.76. The van der Waals surface area contributed by atoms with Crippen LogP contribution in [0.3, 0.4) is 0 Å². The molecule has 1 amide bonds. The van der Waals surface area contributed by atoms with Crippen LogP contribution in [0.4, 0.5) is 0 Å². The highest BCUT2D eigenvalue weighted by Gasteiger charge is 2.27. The van der Waals surface area contributed by atoms with Crippen molar-refractivity contribution in [3.8, 4) is 0 Å². The van der Waals surface area contributed by atoms with Crippen LogP contribution in [-0.4, -0.2) is 43.4 Å². The predicted octanol–water partition coefficient (Wildman–Crippen LogP) is 2.43. The number of carboxylic acid groups (broad SMARTS) is 1. The van der Waals surface area contributed by atoms with Gasteiger partial charge in [0.1, 0.15) is 6.54 Å². The zero-order valence-corrected chi connectivity index (χ0v) is 14.3. The summed E-state index contributed by atoms with van der Waals surface area (Å²) in [6.07, 6.45) is 5.41. The third-order valence-corrected chi connectivity index (χ3v) is 4.56. The average Bonchev–Trinajstić information content (AvgIpc) is 2.90. The third-order valence-electron chi connectivity index (χ3n) is 4.56. The van der Waals surface area contributed by atoms with E-state index in [1.54, 1.807) is 0 Å². The van der Waals surface area contributed by atoms with E-state index in [9.17, 15) is 9.59 Å². The number of likely N-dealkylation sites (tertiary alicyclic amines) is 1. The lowest BCUT2D eigenvalue weighted by atomic mass is 9.99. The number of amides is 1. The van der Waals surface area contributed by atoms with Crippen LogP contribution >= 0.6 is 0 Å². The molecule has 7 heteroatoms. The van der Waals surface area contributed by atoms with Gasteiger partial charge < -0.3 is 10.0 Å². The van der Waals surface area contributed by atoms with Crippen LogP contribution in [0.2, 0.25) is 0 Å². The fraction of sp³-hybridized carbons (Fsp3) is 0.444. The number of hydrogen-bond donors (Lipinski definition) is 1. The Kier molecular flexibility index (Phi) is 5.11. The second-order valence-corrected chi connectivity index (χ2v) is 6.47. The van der Waals surface area contributed by atoms with E-state index >= 15 is 0 Å². The maximum Gasteiger partial charge on any atom is 0.358 e. The van der Waals surface area contributed by atoms with Gasteiger partial charge in [-0.2, -0.15) is 0 Å². The Hall–Kier alpha value is -2.70. The zero-order chi connectivity index (χ0) is 17.8. The molecule has 1 aliphatic rings. The van der Waals surface area contributed by atoms with Crippen molar-refractivity contribution in [2.45, 2.75) is 45.2 Å². The first kappa shape index (κ1) is 17.1. The Morgan fingerprint density at radius 1 is 1.28 bits per heavy atom. The molecule has 0 radical (unpaired) electrons. The third kappa shape index (κ3) is 4.04. The predicted molar refractivity (Wildman–Crippen MR) is 91.1 cm³/mol. The van der Waals surface area contributed by atoms with Crippen molar-refractivity contribution in [3.63, 3.8) is 0 Å². The molecule has 0 bridgehead atoms. The van der Waals surface area contributed by atoms with Gasteiger partial charge in [-0.05, 0) is 25.3 Å². The van der Waals surface area contributed by atoms with Crippen LogP contribution in [0.15, 0.2) is 30.5 Å². The molecule has 1 atom stereocenters. The molecule has 7 nitrogen and oxygen atoms in total. The van der Waals surface area contributed by atoms with E-state index in [4.69, 9.17) is 5.11 Å². The van der Waals surface area contributed by atoms with Crippen LogP contribution in [0, 0.1) is 6.92 Å². The van der Waals surface area contributed by atoms with Gasteiger partial charge in [-0.3, -0.25) is 4.79 Å². The first-order valence-electron chi connectivity index (χ1n) is 8.54. The van der Waals surface area contributed by atoms with Crippen molar-refractivity contribution in [1.82, 2.24) is 19.9 Å². The molecule has 2 aromatic rings. The normalized spacial score (nSPS) is 18.0. The summed E-state index contributed by atoms with van der Waals surface area (Å²) in [5, 5.41) is 16.2. The summed E-state index contributed by atoms with van der Waals surface area (Å²) in [6, 6.07) is 8.33. The van der Waals surface area contributed by atoms with Gasteiger partial charge in [0.15, 0.2) is 5.69 Å². The van der Waals surface area contributed by atoms with Crippen LogP contribution in [-0.2, 0) is 11.3 Å². The van der Waals surface area contributed by atoms with Crippen LogP contribution in [0.1, 0.15) is 53.3 Å². The van der Waals surface area contributed by atoms with Gasteiger partial charge in [-0.25, -0.2) is 9.48 Å². The topological polar surface area (TPSA) is 88.3 Å². The summed E-state index contributed by atoms with van der Waals surface area (Å²) in [4.78, 5) is 25.7. The van der Waals surface area contributed by atoms with Crippen LogP contribution < -0.4 is 0 Å². The summed E-state index contributed by atoms with van der Waals surface area (Å²) in [5.41, 5.74) is 2.18. The van der Waals surface area contributed by atoms with Crippen molar-refractivity contribution in [2.75, 3.05) is 6.54 Å². The standard InChI is InChI=1S/C18H22N4O3/c1-13-6-5-7-14(10-13)16-8-3-2-4-9-22(16)17(23)12-21-11-15(18(24)25)19-20-21/h5-7,10-11,16H,2-4,8-9,12H2,1H3,(H,24,25). The Morgan fingerprint density at radius 2 is 2.12 bits per heavy atom. The first-order chi connectivity index (χ1) is 12.0. The fourth-order valence-electron chi connectivity index (χ4n) is 3.33. The van der Waals surface area contributed by atoms with Gasteiger partial charge in [-0.1, -0.05) is 47.9 Å². The van der Waals surface area contributed by atoms with Crippen molar-refractivity contribution in [2.24, 2.45) is 0 Å². The molecule has 1 N–H and O–H groups in total. The van der Waals surface area contributed by atoms with Gasteiger partial charge in [-0.15, -0.1) is 5.10 Å². The highest BCUT2D eigenvalue weighted by atomic mass is 16.4. The minimum atomic E-state index is -1.15. The monoisotopic (exact) mass is 342 g/mol. The Morgan fingerprint density at radius 3 is 2.84 bits per heavy atom. The van der Waals surface area contributed by atoms with Crippen molar-refractivity contribution >= 4 is 11.9 Å². The lowest BCUT2D eigenvalue weighted by Gasteiger charge is -2.30. The highest BCUT2D eigenvalue weighted by molar-refractivity contribution is 5.84. The van der Waals surface area contributed by atoms with Crippen molar-refractivity contribution in [3.05, 3.63) is 47.3 Å². The van der Waals surface area contributed by atoms with Crippen molar-refractivity contribution < 1.29 is 14.7 Å². The summed E-state index contributed by atoms with van der Waals surface area (Å²) >= 11 is 0. The number of benzene rings is 1. The van der Waals surface area contributed by atoms with E-state index < -0.39 is 5.97 Å². The molecule has 1 aliphatic heterocycles. The minimum Gasteiger partial charge on any atom is -0.476 e. The lowest BCUT2D eigenvalue weighted by molar-refractivity contribution is -0.134. The molecule has 3 rings (SSSR count). The molecule has 0 aliphatic carbocycles. The number of carboxylic acids is 1. The molecule has 0 saturated carbocycles. The first-order valence-corrected chi connectivity index (χ1v) is 8.54. The van der Waals surface area contributed by atoms with E-state index in [1.165, 1.54) is 16.4 Å². The number of nitrogens with zero attached hydrogens (tertiary/aromatic N) is 4. The quantitative estimate of drug-likeness (QED) is 0.922. The van der Waals surface area contributed by atoms with Gasteiger partial charge in [0.05, 0.1) is 12.2 Å². The molecule has 2 heterocycles. The Balaban J connectivity index is 1.80. The minimum absolute atomic E-state index is 0.00258. The van der Waals surface area contributed by atoms with E-state index in [0.29, 0.717) is 6.54 Å². The SMILES string of the molecule is Cc1cccc(C2CCCCCN2C(=O)Cn2cc(C(=O)O)nn2)c1. The second-order valence-electron chi connectivity index (χ2n) is 6.47. The van der Waals surface area contributed by atoms with Gasteiger partial charge in [0.2, 0.25) is 5.91 Å². The largest absolute Gasteiger partial charge is 0.476 e. The molecule has 1 fully saturated rings. The number of hydrogen-bond acceptors (Lipinski definition) is 4. The summed E-state index contributed by atoms with van der Waals surface area (Å²) in [7, 11) is 0. The second kappa shape index (κ2) is 7.46. The van der Waals surface area contributed by atoms with Gasteiger partial charge in [0, 0.05) is 6.54 Å². The molecule has 25 heavy (non-hydrogen) atoms. The number of carbonyl (C=O) groups is 2. The van der Waals surface area contributed by atoms with E-state index in [-0.39, 0.29) is 24.2 Å². The molecule has 132 valence electrons. The van der Waals surface area contributed by atoms with Gasteiger partial charge in [0.25, 0.3) is 0 Å². The van der Waals surface area contributed by atoms with Crippen LogP contribution in [0.5, 0.6) is 0 Å². The summed E-state index contributed by atoms with van der Waals surface area (Å²) in [5.74, 6) is -1.21. The fourth-order valence-corrected chi connectivity index (χ4v) is 3.33. The maximum absolute atomic E-state index is 12.9. The average molecular weight is 342 g/mol. The lowest BCUT2D eigenvalue weighted by Crippen LogP contribution is -2.37. The number of aromatic nitrogens is 3. The van der Waals surface area contributed by atoms with E-state index in [2.05, 4.69) is 35.4 Å². The molecular weight excluding hydrogens is 320 g/mol. The number of aromatic carboxylic acids is 1. The van der Waals surface area contributed by atoms with Gasteiger partial charge >= 0.3 is 5.97 Å². The number of aryl methyl sites for hydroxylation is 1. The molecule has 1 unspecified atom stereocenters. The van der Waals surface area contributed by atoms with Crippen LogP contribution in [0.25, 0.3) is 0 Å². The zero-order valence-electron chi connectivity index (χ0n) is 14.3.